The molecule has 0 saturated carbocycles. The molecule has 0 aliphatic carbocycles. The van der Waals surface area contributed by atoms with Crippen molar-refractivity contribution in [3.05, 3.63) is 0 Å². The molecule has 0 rings (SSSR count). The van der Waals surface area contributed by atoms with E-state index in [0.29, 0.717) is 12.6 Å². The largest absolute Gasteiger partial charge is 0.396 e. The van der Waals surface area contributed by atoms with Gasteiger partial charge in [0.05, 0.1) is 0 Å². The zero-order valence-corrected chi connectivity index (χ0v) is 8.76. The summed E-state index contributed by atoms with van der Waals surface area (Å²) in [4.78, 5) is 0. The van der Waals surface area contributed by atoms with Gasteiger partial charge in [-0.15, -0.1) is 0 Å². The van der Waals surface area contributed by atoms with Gasteiger partial charge in [0.15, 0.2) is 0 Å². The summed E-state index contributed by atoms with van der Waals surface area (Å²) in [5.41, 5.74) is 5.62. The minimum Gasteiger partial charge on any atom is -0.396 e. The maximum Gasteiger partial charge on any atom is 0.0431 e. The lowest BCUT2D eigenvalue weighted by atomic mass is 10.1. The Morgan fingerprint density at radius 1 is 1.31 bits per heavy atom. The smallest absolute Gasteiger partial charge is 0.0431 e. The first-order valence-electron chi connectivity index (χ1n) is 5.39. The predicted octanol–water partition coefficient (Wildman–Crippen LogP) is 0.866. The number of nitrogens with two attached hydrogens (primary N) is 1. The molecule has 0 bridgehead atoms. The quantitative estimate of drug-likeness (QED) is 0.470. The average molecular weight is 188 g/mol. The van der Waals surface area contributed by atoms with Crippen LogP contribution in [0.2, 0.25) is 0 Å². The van der Waals surface area contributed by atoms with Gasteiger partial charge in [-0.05, 0) is 25.8 Å². The van der Waals surface area contributed by atoms with E-state index < -0.39 is 0 Å². The molecule has 13 heavy (non-hydrogen) atoms. The van der Waals surface area contributed by atoms with E-state index in [0.717, 1.165) is 25.9 Å². The minimum absolute atomic E-state index is 0.296. The molecule has 80 valence electrons. The van der Waals surface area contributed by atoms with E-state index in [1.54, 1.807) is 0 Å². The average Bonchev–Trinajstić information content (AvgIpc) is 2.17. The van der Waals surface area contributed by atoms with Crippen LogP contribution in [0.5, 0.6) is 0 Å². The van der Waals surface area contributed by atoms with E-state index in [2.05, 4.69) is 12.2 Å². The summed E-state index contributed by atoms with van der Waals surface area (Å²) in [5, 5.41) is 12.0. The van der Waals surface area contributed by atoms with Gasteiger partial charge in [-0.3, -0.25) is 0 Å². The Balaban J connectivity index is 3.25. The second kappa shape index (κ2) is 9.96. The summed E-state index contributed by atoms with van der Waals surface area (Å²) in [6.07, 6.45) is 5.58. The van der Waals surface area contributed by atoms with Crippen molar-refractivity contribution < 1.29 is 5.11 Å². The van der Waals surface area contributed by atoms with Crippen LogP contribution in [0.3, 0.4) is 0 Å². The Morgan fingerprint density at radius 2 is 2.08 bits per heavy atom. The van der Waals surface area contributed by atoms with Crippen molar-refractivity contribution in [1.29, 1.82) is 0 Å². The molecule has 0 aliphatic rings. The van der Waals surface area contributed by atoms with Crippen molar-refractivity contribution in [3.8, 4) is 0 Å². The van der Waals surface area contributed by atoms with Gasteiger partial charge >= 0.3 is 0 Å². The molecule has 0 radical (unpaired) electrons. The number of rotatable bonds is 9. The third-order valence-corrected chi connectivity index (χ3v) is 2.21. The molecular weight excluding hydrogens is 164 g/mol. The van der Waals surface area contributed by atoms with Crippen LogP contribution < -0.4 is 11.1 Å². The Kier molecular flexibility index (Phi) is 9.87. The Labute approximate surface area is 81.7 Å². The van der Waals surface area contributed by atoms with Gasteiger partial charge in [-0.25, -0.2) is 0 Å². The summed E-state index contributed by atoms with van der Waals surface area (Å²) in [5.74, 6) is 0. The van der Waals surface area contributed by atoms with E-state index >= 15 is 0 Å². The molecule has 0 heterocycles. The van der Waals surface area contributed by atoms with Crippen LogP contribution in [0.15, 0.2) is 0 Å². The van der Waals surface area contributed by atoms with E-state index in [1.165, 1.54) is 19.3 Å². The molecule has 3 heteroatoms. The fourth-order valence-corrected chi connectivity index (χ4v) is 1.30. The van der Waals surface area contributed by atoms with Crippen molar-refractivity contribution in [3.63, 3.8) is 0 Å². The van der Waals surface area contributed by atoms with Crippen LogP contribution in [0.1, 0.15) is 39.0 Å². The molecule has 4 N–H and O–H groups in total. The van der Waals surface area contributed by atoms with Crippen molar-refractivity contribution >= 4 is 0 Å². The lowest BCUT2D eigenvalue weighted by Crippen LogP contribution is -2.36. The predicted molar refractivity (Wildman–Crippen MR) is 56.7 cm³/mol. The lowest BCUT2D eigenvalue weighted by Gasteiger charge is -2.15. The van der Waals surface area contributed by atoms with Crippen LogP contribution in [0, 0.1) is 0 Å². The van der Waals surface area contributed by atoms with E-state index in [9.17, 15) is 0 Å². The lowest BCUT2D eigenvalue weighted by molar-refractivity contribution is 0.282. The second-order valence-corrected chi connectivity index (χ2v) is 3.46. The van der Waals surface area contributed by atoms with Gasteiger partial charge in [0.1, 0.15) is 0 Å². The minimum atomic E-state index is 0.296. The summed E-state index contributed by atoms with van der Waals surface area (Å²) >= 11 is 0. The molecule has 0 aliphatic heterocycles. The van der Waals surface area contributed by atoms with Gasteiger partial charge in [0.25, 0.3) is 0 Å². The highest BCUT2D eigenvalue weighted by atomic mass is 16.2. The molecule has 0 saturated heterocycles. The second-order valence-electron chi connectivity index (χ2n) is 3.46. The van der Waals surface area contributed by atoms with E-state index in [-0.39, 0.29) is 0 Å². The maximum atomic E-state index is 8.58. The number of aliphatic hydroxyl groups is 1. The first-order valence-corrected chi connectivity index (χ1v) is 5.39. The monoisotopic (exact) mass is 188 g/mol. The molecule has 0 spiro atoms. The third kappa shape index (κ3) is 8.22. The molecule has 0 aromatic carbocycles. The van der Waals surface area contributed by atoms with Crippen LogP contribution in [-0.4, -0.2) is 30.8 Å². The molecule has 3 nitrogen and oxygen atoms in total. The van der Waals surface area contributed by atoms with Gasteiger partial charge in [0.2, 0.25) is 0 Å². The van der Waals surface area contributed by atoms with E-state index in [4.69, 9.17) is 10.8 Å². The van der Waals surface area contributed by atoms with Crippen molar-refractivity contribution in [2.45, 2.75) is 45.1 Å². The fraction of sp³-hybridized carbons (Fsp3) is 1.00. The van der Waals surface area contributed by atoms with Crippen LogP contribution in [-0.2, 0) is 0 Å². The fourth-order valence-electron chi connectivity index (χ4n) is 1.30. The SMILES string of the molecule is CCCCC(CN)NCCCCO. The van der Waals surface area contributed by atoms with Gasteiger partial charge in [-0.2, -0.15) is 0 Å². The molecule has 1 unspecified atom stereocenters. The summed E-state index contributed by atoms with van der Waals surface area (Å²) in [6.45, 7) is 4.19. The third-order valence-electron chi connectivity index (χ3n) is 2.21. The molecule has 0 fully saturated rings. The molecule has 0 aromatic rings. The topological polar surface area (TPSA) is 58.3 Å². The van der Waals surface area contributed by atoms with Crippen molar-refractivity contribution in [1.82, 2.24) is 5.32 Å². The number of aliphatic hydroxyl groups excluding tert-OH is 1. The Morgan fingerprint density at radius 3 is 2.62 bits per heavy atom. The highest BCUT2D eigenvalue weighted by Gasteiger charge is 2.03. The van der Waals surface area contributed by atoms with Gasteiger partial charge in [-0.1, -0.05) is 19.8 Å². The first kappa shape index (κ1) is 12.9. The Bertz CT molecular complexity index is 98.9. The molecule has 1 atom stereocenters. The van der Waals surface area contributed by atoms with Gasteiger partial charge in [0, 0.05) is 19.2 Å². The zero-order valence-electron chi connectivity index (χ0n) is 8.76. The number of hydrogen-bond donors (Lipinski definition) is 3. The summed E-state index contributed by atoms with van der Waals surface area (Å²) in [6, 6.07) is 0.471. The number of unbranched alkanes of at least 4 members (excludes halogenated alkanes) is 2. The first-order chi connectivity index (χ1) is 6.35. The zero-order chi connectivity index (χ0) is 9.94. The maximum absolute atomic E-state index is 8.58. The molecular formula is C10H24N2O. The van der Waals surface area contributed by atoms with Crippen molar-refractivity contribution in [2.75, 3.05) is 19.7 Å². The Hall–Kier alpha value is -0.120. The standard InChI is InChI=1S/C10H24N2O/c1-2-3-6-10(9-11)12-7-4-5-8-13/h10,12-13H,2-9,11H2,1H3. The molecule has 0 amide bonds. The summed E-state index contributed by atoms with van der Waals surface area (Å²) < 4.78 is 0. The van der Waals surface area contributed by atoms with Crippen LogP contribution >= 0.6 is 0 Å². The highest BCUT2D eigenvalue weighted by molar-refractivity contribution is 4.66. The van der Waals surface area contributed by atoms with Crippen LogP contribution in [0.4, 0.5) is 0 Å². The van der Waals surface area contributed by atoms with Crippen molar-refractivity contribution in [2.24, 2.45) is 5.73 Å². The van der Waals surface area contributed by atoms with E-state index in [1.807, 2.05) is 0 Å². The van der Waals surface area contributed by atoms with Crippen LogP contribution in [0.25, 0.3) is 0 Å². The summed E-state index contributed by atoms with van der Waals surface area (Å²) in [7, 11) is 0. The number of nitrogens with one attached hydrogen (secondary N) is 1. The highest BCUT2D eigenvalue weighted by Crippen LogP contribution is 1.99. The van der Waals surface area contributed by atoms with Gasteiger partial charge < -0.3 is 16.2 Å². The normalized spacial score (nSPS) is 13.2. The molecule has 0 aromatic heterocycles. The number of hydrogen-bond acceptors (Lipinski definition) is 3.